The van der Waals surface area contributed by atoms with Gasteiger partial charge in [0.05, 0.1) is 11.2 Å². The third-order valence-corrected chi connectivity index (χ3v) is 4.44. The Hall–Kier alpha value is -2.07. The van der Waals surface area contributed by atoms with Crippen molar-refractivity contribution < 1.29 is 0 Å². The predicted molar refractivity (Wildman–Crippen MR) is 90.2 cm³/mol. The van der Waals surface area contributed by atoms with Gasteiger partial charge in [-0.25, -0.2) is 0 Å². The van der Waals surface area contributed by atoms with E-state index < -0.39 is 0 Å². The normalized spacial score (nSPS) is 13.7. The standard InChI is InChI=1S/C17H14BrN3/c18-13-7-14-15(19)5-6-16(17(14)20-8-13)21-9-11-3-1-2-4-12(11)10-21/h1-8H,9-10,19H2. The minimum atomic E-state index is 0.763. The first-order chi connectivity index (χ1) is 10.2. The Morgan fingerprint density at radius 2 is 1.76 bits per heavy atom. The summed E-state index contributed by atoms with van der Waals surface area (Å²) in [5.74, 6) is 0. The zero-order chi connectivity index (χ0) is 14.4. The van der Waals surface area contributed by atoms with Crippen molar-refractivity contribution in [3.63, 3.8) is 0 Å². The first kappa shape index (κ1) is 12.7. The number of nitrogens with zero attached hydrogens (tertiary/aromatic N) is 2. The van der Waals surface area contributed by atoms with Crippen molar-refractivity contribution >= 4 is 38.2 Å². The van der Waals surface area contributed by atoms with Crippen LogP contribution in [0.2, 0.25) is 0 Å². The number of nitrogens with two attached hydrogens (primary N) is 1. The zero-order valence-corrected chi connectivity index (χ0v) is 13.0. The SMILES string of the molecule is Nc1ccc(N2Cc3ccccc3C2)c2ncc(Br)cc12. The molecule has 21 heavy (non-hydrogen) atoms. The van der Waals surface area contributed by atoms with Gasteiger partial charge in [-0.15, -0.1) is 0 Å². The lowest BCUT2D eigenvalue weighted by Crippen LogP contribution is -2.15. The van der Waals surface area contributed by atoms with Crippen LogP contribution in [0, 0.1) is 0 Å². The van der Waals surface area contributed by atoms with Gasteiger partial charge in [-0.2, -0.15) is 0 Å². The lowest BCUT2D eigenvalue weighted by molar-refractivity contribution is 0.884. The molecule has 0 radical (unpaired) electrons. The van der Waals surface area contributed by atoms with Crippen LogP contribution >= 0.6 is 15.9 Å². The van der Waals surface area contributed by atoms with Crippen LogP contribution in [-0.4, -0.2) is 4.98 Å². The molecule has 2 N–H and O–H groups in total. The Kier molecular flexibility index (Phi) is 2.86. The summed E-state index contributed by atoms with van der Waals surface area (Å²) < 4.78 is 0.948. The third kappa shape index (κ3) is 2.07. The van der Waals surface area contributed by atoms with Crippen molar-refractivity contribution in [3.8, 4) is 0 Å². The van der Waals surface area contributed by atoms with Crippen LogP contribution < -0.4 is 10.6 Å². The minimum Gasteiger partial charge on any atom is -0.398 e. The first-order valence-electron chi connectivity index (χ1n) is 6.88. The number of benzene rings is 2. The minimum absolute atomic E-state index is 0.763. The summed E-state index contributed by atoms with van der Waals surface area (Å²) in [6.07, 6.45) is 1.83. The van der Waals surface area contributed by atoms with Crippen molar-refractivity contribution in [2.45, 2.75) is 13.1 Å². The second-order valence-electron chi connectivity index (χ2n) is 5.35. The van der Waals surface area contributed by atoms with Gasteiger partial charge in [0.15, 0.2) is 0 Å². The Morgan fingerprint density at radius 3 is 2.48 bits per heavy atom. The highest BCUT2D eigenvalue weighted by Gasteiger charge is 2.21. The fourth-order valence-corrected chi connectivity index (χ4v) is 3.29. The topological polar surface area (TPSA) is 42.1 Å². The molecule has 0 amide bonds. The van der Waals surface area contributed by atoms with Crippen molar-refractivity contribution in [3.05, 3.63) is 64.3 Å². The monoisotopic (exact) mass is 339 g/mol. The van der Waals surface area contributed by atoms with E-state index in [1.807, 2.05) is 18.3 Å². The number of hydrogen-bond donors (Lipinski definition) is 1. The molecule has 0 fully saturated rings. The van der Waals surface area contributed by atoms with E-state index >= 15 is 0 Å². The molecule has 2 aromatic carbocycles. The van der Waals surface area contributed by atoms with Gasteiger partial charge >= 0.3 is 0 Å². The van der Waals surface area contributed by atoms with Gasteiger partial charge < -0.3 is 10.6 Å². The maximum atomic E-state index is 6.10. The number of nitrogen functional groups attached to an aromatic ring is 1. The molecule has 0 unspecified atom stereocenters. The zero-order valence-electron chi connectivity index (χ0n) is 11.4. The fourth-order valence-electron chi connectivity index (χ4n) is 2.96. The van der Waals surface area contributed by atoms with Gasteiger partial charge in [0, 0.05) is 34.8 Å². The molecule has 2 heterocycles. The molecule has 1 aliphatic heterocycles. The van der Waals surface area contributed by atoms with Crippen LogP contribution in [0.1, 0.15) is 11.1 Å². The quantitative estimate of drug-likeness (QED) is 0.678. The maximum absolute atomic E-state index is 6.10. The molecule has 0 spiro atoms. The summed E-state index contributed by atoms with van der Waals surface area (Å²) in [6.45, 7) is 1.85. The van der Waals surface area contributed by atoms with Gasteiger partial charge in [0.25, 0.3) is 0 Å². The fraction of sp³-hybridized carbons (Fsp3) is 0.118. The second-order valence-corrected chi connectivity index (χ2v) is 6.26. The van der Waals surface area contributed by atoms with E-state index in [-0.39, 0.29) is 0 Å². The molecule has 0 aliphatic carbocycles. The lowest BCUT2D eigenvalue weighted by Gasteiger charge is -2.20. The van der Waals surface area contributed by atoms with Crippen molar-refractivity contribution in [1.82, 2.24) is 4.98 Å². The molecule has 0 saturated carbocycles. The highest BCUT2D eigenvalue weighted by Crippen LogP contribution is 2.35. The number of pyridine rings is 1. The predicted octanol–water partition coefficient (Wildman–Crippen LogP) is 4.10. The van der Waals surface area contributed by atoms with Gasteiger partial charge in [-0.05, 0) is 45.3 Å². The molecule has 4 rings (SSSR count). The van der Waals surface area contributed by atoms with Crippen LogP contribution in [0.5, 0.6) is 0 Å². The van der Waals surface area contributed by atoms with E-state index in [0.29, 0.717) is 0 Å². The lowest BCUT2D eigenvalue weighted by atomic mass is 10.1. The van der Waals surface area contributed by atoms with Gasteiger partial charge in [-0.3, -0.25) is 4.98 Å². The van der Waals surface area contributed by atoms with E-state index in [1.165, 1.54) is 11.1 Å². The average Bonchev–Trinajstić information content (AvgIpc) is 2.92. The maximum Gasteiger partial charge on any atom is 0.0957 e. The van der Waals surface area contributed by atoms with E-state index in [0.717, 1.165) is 39.8 Å². The van der Waals surface area contributed by atoms with Crippen molar-refractivity contribution in [1.29, 1.82) is 0 Å². The number of fused-ring (bicyclic) bond motifs is 2. The molecule has 3 aromatic rings. The van der Waals surface area contributed by atoms with Crippen molar-refractivity contribution in [2.24, 2.45) is 0 Å². The van der Waals surface area contributed by atoms with Gasteiger partial charge in [0.2, 0.25) is 0 Å². The van der Waals surface area contributed by atoms with Gasteiger partial charge in [-0.1, -0.05) is 24.3 Å². The van der Waals surface area contributed by atoms with Crippen LogP contribution in [0.25, 0.3) is 10.9 Å². The number of halogens is 1. The Bertz CT molecular complexity index is 820. The highest BCUT2D eigenvalue weighted by atomic mass is 79.9. The molecule has 3 nitrogen and oxygen atoms in total. The molecular formula is C17H14BrN3. The summed E-state index contributed by atoms with van der Waals surface area (Å²) in [5.41, 5.74) is 11.7. The average molecular weight is 340 g/mol. The largest absolute Gasteiger partial charge is 0.398 e. The van der Waals surface area contributed by atoms with Crippen LogP contribution in [0.15, 0.2) is 53.1 Å². The molecule has 1 aromatic heterocycles. The van der Waals surface area contributed by atoms with E-state index in [4.69, 9.17) is 5.73 Å². The van der Waals surface area contributed by atoms with Gasteiger partial charge in [0.1, 0.15) is 0 Å². The smallest absolute Gasteiger partial charge is 0.0957 e. The summed E-state index contributed by atoms with van der Waals surface area (Å²) in [6, 6.07) is 14.7. The number of aromatic nitrogens is 1. The Morgan fingerprint density at radius 1 is 1.05 bits per heavy atom. The summed E-state index contributed by atoms with van der Waals surface area (Å²) in [5, 5.41) is 0.998. The Balaban J connectivity index is 1.84. The second kappa shape index (κ2) is 4.74. The summed E-state index contributed by atoms with van der Waals surface area (Å²) in [4.78, 5) is 6.93. The Labute approximate surface area is 131 Å². The highest BCUT2D eigenvalue weighted by molar-refractivity contribution is 9.10. The molecule has 1 aliphatic rings. The summed E-state index contributed by atoms with van der Waals surface area (Å²) >= 11 is 3.47. The number of rotatable bonds is 1. The molecule has 104 valence electrons. The van der Waals surface area contributed by atoms with E-state index in [2.05, 4.69) is 56.1 Å². The molecule has 0 bridgehead atoms. The van der Waals surface area contributed by atoms with Crippen molar-refractivity contribution in [2.75, 3.05) is 10.6 Å². The first-order valence-corrected chi connectivity index (χ1v) is 7.67. The summed E-state index contributed by atoms with van der Waals surface area (Å²) in [7, 11) is 0. The van der Waals surface area contributed by atoms with Crippen LogP contribution in [0.4, 0.5) is 11.4 Å². The van der Waals surface area contributed by atoms with E-state index in [1.54, 1.807) is 0 Å². The molecule has 4 heteroatoms. The third-order valence-electron chi connectivity index (χ3n) is 4.01. The number of hydrogen-bond acceptors (Lipinski definition) is 3. The van der Waals surface area contributed by atoms with E-state index in [9.17, 15) is 0 Å². The molecule has 0 atom stereocenters. The molecule has 0 saturated heterocycles. The van der Waals surface area contributed by atoms with Crippen LogP contribution in [-0.2, 0) is 13.1 Å². The molecular weight excluding hydrogens is 326 g/mol. The number of anilines is 2. The van der Waals surface area contributed by atoms with Crippen LogP contribution in [0.3, 0.4) is 0 Å².